The monoisotopic (exact) mass is 1060 g/mol. The summed E-state index contributed by atoms with van der Waals surface area (Å²) in [7, 11) is 0. The molecule has 0 aromatic heterocycles. The molecule has 430 valence electrons. The first kappa shape index (κ1) is 70.0. The van der Waals surface area contributed by atoms with Gasteiger partial charge in [-0.25, -0.2) is 0 Å². The van der Waals surface area contributed by atoms with Crippen molar-refractivity contribution in [3.63, 3.8) is 0 Å². The summed E-state index contributed by atoms with van der Waals surface area (Å²) in [4.78, 5) is 23.5. The largest absolute Gasteiger partial charge is 0.481 e. The molecule has 0 fully saturated rings. The molecule has 0 saturated carbocycles. The van der Waals surface area contributed by atoms with Crippen molar-refractivity contribution in [1.82, 2.24) is 10.2 Å². The fraction of sp³-hybridized carbons (Fsp3) is 0.956. The van der Waals surface area contributed by atoms with Crippen LogP contribution in [0.4, 0.5) is 0 Å². The van der Waals surface area contributed by atoms with Gasteiger partial charge in [0.15, 0.2) is 0 Å². The molecule has 0 aliphatic rings. The van der Waals surface area contributed by atoms with Crippen LogP contribution in [0.2, 0.25) is 0 Å². The zero-order valence-corrected chi connectivity index (χ0v) is 41.9. The van der Waals surface area contributed by atoms with Crippen LogP contribution < -0.4 is 5.32 Å². The highest BCUT2D eigenvalue weighted by Gasteiger charge is 2.34. The van der Waals surface area contributed by atoms with Crippen molar-refractivity contribution in [2.75, 3.05) is 198 Å². The number of rotatable bonds is 57. The standard InChI is InChI=1S/C45H90N2O25/c48-34-38(52)44(59)42(57)36(50)32-47(33-37(51)43(58)45(60)39(53)35-49)7-9-62-11-13-64-15-17-66-19-21-68-23-25-70-27-29-72-31-30-71-28-26-69-24-22-67-20-18-65-16-14-63-12-10-61-8-5-40(54)46-6-3-1-2-4-41(55)56/h36-39,42-45,48-53,57-60H,1-35H2,(H,46,54)(H,55,56)/t36-,37-,38+,39+,42+,43+,44+,45+/m0/s1. The number of carbonyl (C=O) groups excluding carboxylic acids is 1. The van der Waals surface area contributed by atoms with Crippen molar-refractivity contribution in [3.05, 3.63) is 0 Å². The smallest absolute Gasteiger partial charge is 0.303 e. The van der Waals surface area contributed by atoms with E-state index in [0.717, 1.165) is 12.8 Å². The Morgan fingerprint density at radius 1 is 0.361 bits per heavy atom. The van der Waals surface area contributed by atoms with Gasteiger partial charge >= 0.3 is 5.97 Å². The second kappa shape index (κ2) is 51.1. The van der Waals surface area contributed by atoms with Crippen molar-refractivity contribution in [2.45, 2.75) is 80.9 Å². The number of aliphatic carboxylic acids is 1. The highest BCUT2D eigenvalue weighted by Crippen LogP contribution is 2.11. The summed E-state index contributed by atoms with van der Waals surface area (Å²) in [6.45, 7) is 6.80. The van der Waals surface area contributed by atoms with Gasteiger partial charge in [0.2, 0.25) is 5.91 Å². The first-order valence-electron chi connectivity index (χ1n) is 24.7. The molecule has 72 heavy (non-hydrogen) atoms. The Kier molecular flexibility index (Phi) is 49.7. The van der Waals surface area contributed by atoms with Gasteiger partial charge in [-0.15, -0.1) is 0 Å². The van der Waals surface area contributed by atoms with Crippen LogP contribution in [0.15, 0.2) is 0 Å². The summed E-state index contributed by atoms with van der Waals surface area (Å²) in [6, 6.07) is 0. The van der Waals surface area contributed by atoms with Gasteiger partial charge in [-0.1, -0.05) is 6.42 Å². The minimum atomic E-state index is -1.88. The Morgan fingerprint density at radius 2 is 0.639 bits per heavy atom. The van der Waals surface area contributed by atoms with Crippen molar-refractivity contribution in [2.24, 2.45) is 0 Å². The molecule has 0 radical (unpaired) electrons. The molecule has 27 heteroatoms. The van der Waals surface area contributed by atoms with Crippen LogP contribution in [-0.4, -0.2) is 320 Å². The Bertz CT molecular complexity index is 1160. The van der Waals surface area contributed by atoms with Crippen molar-refractivity contribution in [3.8, 4) is 0 Å². The van der Waals surface area contributed by atoms with Crippen LogP contribution in [0.5, 0.6) is 0 Å². The van der Waals surface area contributed by atoms with E-state index >= 15 is 0 Å². The van der Waals surface area contributed by atoms with Crippen LogP contribution in [-0.2, 0) is 66.4 Å². The van der Waals surface area contributed by atoms with E-state index in [9.17, 15) is 50.4 Å². The summed E-state index contributed by atoms with van der Waals surface area (Å²) in [6.07, 6.45) is -11.8. The Morgan fingerprint density at radius 3 is 0.931 bits per heavy atom. The molecule has 0 spiro atoms. The number of amides is 1. The van der Waals surface area contributed by atoms with Crippen LogP contribution in [0.1, 0.15) is 32.1 Å². The number of aliphatic hydroxyl groups is 10. The van der Waals surface area contributed by atoms with Crippen molar-refractivity contribution >= 4 is 11.9 Å². The Hall–Kier alpha value is -1.98. The molecular formula is C45H90N2O25. The Balaban J connectivity index is 3.58. The predicted molar refractivity (Wildman–Crippen MR) is 252 cm³/mol. The van der Waals surface area contributed by atoms with Gasteiger partial charge in [-0.05, 0) is 12.8 Å². The number of carbonyl (C=O) groups is 2. The summed E-state index contributed by atoms with van der Waals surface area (Å²) < 4.78 is 65.6. The molecule has 0 aliphatic heterocycles. The molecule has 0 aromatic carbocycles. The quantitative estimate of drug-likeness (QED) is 0.0253. The molecule has 8 atom stereocenters. The van der Waals surface area contributed by atoms with E-state index in [4.69, 9.17) is 72.2 Å². The molecule has 0 heterocycles. The van der Waals surface area contributed by atoms with E-state index in [1.165, 1.54) is 4.90 Å². The first-order valence-corrected chi connectivity index (χ1v) is 24.7. The summed E-state index contributed by atoms with van der Waals surface area (Å²) >= 11 is 0. The molecule has 0 aliphatic carbocycles. The van der Waals surface area contributed by atoms with E-state index < -0.39 is 81.1 Å². The first-order chi connectivity index (χ1) is 34.8. The van der Waals surface area contributed by atoms with Crippen LogP contribution in [0.3, 0.4) is 0 Å². The van der Waals surface area contributed by atoms with Gasteiger partial charge in [0.1, 0.15) is 36.6 Å². The van der Waals surface area contributed by atoms with Crippen LogP contribution in [0.25, 0.3) is 0 Å². The molecule has 12 N–H and O–H groups in total. The van der Waals surface area contributed by atoms with Gasteiger partial charge in [0.05, 0.1) is 184 Å². The van der Waals surface area contributed by atoms with Crippen LogP contribution >= 0.6 is 0 Å². The molecule has 0 bridgehead atoms. The van der Waals surface area contributed by atoms with E-state index in [1.807, 2.05) is 0 Å². The maximum atomic E-state index is 11.7. The third-order valence-corrected chi connectivity index (χ3v) is 10.0. The molecular weight excluding hydrogens is 968 g/mol. The maximum Gasteiger partial charge on any atom is 0.303 e. The number of carboxylic acid groups (broad SMARTS) is 1. The lowest BCUT2D eigenvalue weighted by molar-refractivity contribution is -0.137. The number of carboxylic acids is 1. The third-order valence-electron chi connectivity index (χ3n) is 10.0. The van der Waals surface area contributed by atoms with Gasteiger partial charge in [0.25, 0.3) is 0 Å². The Labute approximate surface area is 423 Å². The third kappa shape index (κ3) is 43.3. The fourth-order valence-electron chi connectivity index (χ4n) is 5.90. The van der Waals surface area contributed by atoms with Gasteiger partial charge < -0.3 is 118 Å². The van der Waals surface area contributed by atoms with Crippen molar-refractivity contribution < 1.29 is 123 Å². The lowest BCUT2D eigenvalue weighted by Crippen LogP contribution is -2.53. The van der Waals surface area contributed by atoms with E-state index in [-0.39, 0.29) is 45.1 Å². The molecule has 0 saturated heterocycles. The lowest BCUT2D eigenvalue weighted by Gasteiger charge is -2.33. The predicted octanol–water partition coefficient (Wildman–Crippen LogP) is -5.49. The maximum absolute atomic E-state index is 11.7. The summed E-state index contributed by atoms with van der Waals surface area (Å²) in [5.74, 6) is -0.898. The second-order valence-electron chi connectivity index (χ2n) is 16.0. The number of nitrogens with zero attached hydrogens (tertiary/aromatic N) is 1. The molecule has 27 nitrogen and oxygen atoms in total. The zero-order valence-electron chi connectivity index (χ0n) is 41.9. The molecule has 0 rings (SSSR count). The normalized spacial score (nSPS) is 15.3. The summed E-state index contributed by atoms with van der Waals surface area (Å²) in [5.41, 5.74) is 0. The average molecular weight is 1060 g/mol. The number of aliphatic hydroxyl groups excluding tert-OH is 10. The van der Waals surface area contributed by atoms with Crippen molar-refractivity contribution in [1.29, 1.82) is 0 Å². The number of hydrogen-bond acceptors (Lipinski definition) is 25. The minimum absolute atomic E-state index is 0.0233. The number of ether oxygens (including phenoxy) is 12. The van der Waals surface area contributed by atoms with Gasteiger partial charge in [-0.3, -0.25) is 14.5 Å². The van der Waals surface area contributed by atoms with Gasteiger partial charge in [0, 0.05) is 39.0 Å². The van der Waals surface area contributed by atoms with E-state index in [1.54, 1.807) is 0 Å². The number of unbranched alkanes of at least 4 members (excludes halogenated alkanes) is 2. The molecule has 0 aromatic rings. The zero-order chi connectivity index (χ0) is 53.3. The second-order valence-corrected chi connectivity index (χ2v) is 16.0. The fourth-order valence-corrected chi connectivity index (χ4v) is 5.90. The highest BCUT2D eigenvalue weighted by molar-refractivity contribution is 5.75. The summed E-state index contributed by atoms with van der Waals surface area (Å²) in [5, 5.41) is 110. The number of hydrogen-bond donors (Lipinski definition) is 12. The van der Waals surface area contributed by atoms with Gasteiger partial charge in [-0.2, -0.15) is 0 Å². The molecule has 0 unspecified atom stereocenters. The average Bonchev–Trinajstić information content (AvgIpc) is 3.37. The van der Waals surface area contributed by atoms with Crippen LogP contribution in [0, 0.1) is 0 Å². The topological polar surface area (TPSA) is 383 Å². The van der Waals surface area contributed by atoms with E-state index in [2.05, 4.69) is 5.32 Å². The lowest BCUT2D eigenvalue weighted by atomic mass is 10.0. The van der Waals surface area contributed by atoms with E-state index in [0.29, 0.717) is 152 Å². The molecule has 1 amide bonds. The highest BCUT2D eigenvalue weighted by atomic mass is 16.6. The number of nitrogens with one attached hydrogen (secondary N) is 1. The minimum Gasteiger partial charge on any atom is -0.481 e. The SMILES string of the molecule is O=C(O)CCCCCNC(=O)CCOCCOCCOCCOCCOCCOCCOCCOCCOCCOCCOCCOCCN(C[C@H](O)[C@@H](O)[C@H](O)[C@H](O)CO)C[C@H](O)[C@@H](O)[C@H](O)[C@H](O)CO.